The molecule has 3 rings (SSSR count). The minimum absolute atomic E-state index is 0.0628. The van der Waals surface area contributed by atoms with Crippen molar-refractivity contribution in [2.45, 2.75) is 13.8 Å². The van der Waals surface area contributed by atoms with Crippen LogP contribution in [0, 0.1) is 0 Å². The Morgan fingerprint density at radius 3 is 2.60 bits per heavy atom. The van der Waals surface area contributed by atoms with Crippen molar-refractivity contribution in [3.63, 3.8) is 0 Å². The van der Waals surface area contributed by atoms with Gasteiger partial charge in [-0.3, -0.25) is 4.99 Å². The Morgan fingerprint density at radius 1 is 1.12 bits per heavy atom. The summed E-state index contributed by atoms with van der Waals surface area (Å²) in [5.41, 5.74) is 1.86. The summed E-state index contributed by atoms with van der Waals surface area (Å²) in [5.74, 6) is 0.0628. The Labute approximate surface area is 145 Å². The summed E-state index contributed by atoms with van der Waals surface area (Å²) in [5, 5.41) is 10.6. The largest absolute Gasteiger partial charge is 0.506 e. The lowest BCUT2D eigenvalue weighted by molar-refractivity contribution is 0.477. The van der Waals surface area contributed by atoms with Crippen LogP contribution in [0.15, 0.2) is 62.7 Å². The number of fused-ring (bicyclic) bond motifs is 1. The molecule has 2 aromatic carbocycles. The first-order valence-corrected chi connectivity index (χ1v) is 8.27. The van der Waals surface area contributed by atoms with Crippen molar-refractivity contribution in [1.82, 2.24) is 0 Å². The number of para-hydroxylation sites is 2. The Hall–Kier alpha value is -3.08. The highest BCUT2D eigenvalue weighted by Gasteiger charge is 2.07. The average Bonchev–Trinajstić information content (AvgIpc) is 2.62. The molecule has 0 saturated heterocycles. The lowest BCUT2D eigenvalue weighted by Gasteiger charge is -2.20. The molecular weight excluding hydrogens is 316 g/mol. The molecule has 0 saturated carbocycles. The standard InChI is InChI=1S/C20H20N2O3/c1-3-22(4-2)16-10-9-14-11-15(20(24)25-19(14)12-16)13-21-17-7-5-6-8-18(17)23/h5-13,23H,3-4H2,1-2H3. The quantitative estimate of drug-likeness (QED) is 0.563. The summed E-state index contributed by atoms with van der Waals surface area (Å²) in [6.07, 6.45) is 1.42. The third-order valence-corrected chi connectivity index (χ3v) is 4.10. The van der Waals surface area contributed by atoms with E-state index >= 15 is 0 Å². The number of phenols is 1. The number of rotatable bonds is 5. The molecule has 5 nitrogen and oxygen atoms in total. The molecule has 1 N–H and O–H groups in total. The number of aliphatic imine (C=N–C) groups is 1. The van der Waals surface area contributed by atoms with E-state index < -0.39 is 5.63 Å². The summed E-state index contributed by atoms with van der Waals surface area (Å²) in [4.78, 5) is 18.6. The number of nitrogens with zero attached hydrogens (tertiary/aromatic N) is 2. The molecule has 0 aliphatic heterocycles. The number of hydrogen-bond acceptors (Lipinski definition) is 5. The van der Waals surface area contributed by atoms with E-state index in [9.17, 15) is 9.90 Å². The summed E-state index contributed by atoms with van der Waals surface area (Å²) in [6, 6.07) is 14.3. The Morgan fingerprint density at radius 2 is 1.88 bits per heavy atom. The molecule has 1 heterocycles. The molecule has 0 atom stereocenters. The molecule has 0 bridgehead atoms. The van der Waals surface area contributed by atoms with Gasteiger partial charge in [0.2, 0.25) is 0 Å². The average molecular weight is 336 g/mol. The topological polar surface area (TPSA) is 66.0 Å². The van der Waals surface area contributed by atoms with Gasteiger partial charge in [0.05, 0.1) is 5.56 Å². The van der Waals surface area contributed by atoms with Crippen LogP contribution in [0.25, 0.3) is 11.0 Å². The third-order valence-electron chi connectivity index (χ3n) is 4.10. The lowest BCUT2D eigenvalue weighted by atomic mass is 10.1. The zero-order valence-electron chi connectivity index (χ0n) is 14.3. The fraction of sp³-hybridized carbons (Fsp3) is 0.200. The molecule has 25 heavy (non-hydrogen) atoms. The van der Waals surface area contributed by atoms with Crippen LogP contribution in [0.3, 0.4) is 0 Å². The normalized spacial score (nSPS) is 11.3. The van der Waals surface area contributed by atoms with E-state index in [1.54, 1.807) is 30.3 Å². The van der Waals surface area contributed by atoms with Crippen LogP contribution in [-0.2, 0) is 0 Å². The van der Waals surface area contributed by atoms with Gasteiger partial charge in [-0.2, -0.15) is 0 Å². The van der Waals surface area contributed by atoms with Gasteiger partial charge in [0, 0.05) is 36.4 Å². The highest BCUT2D eigenvalue weighted by Crippen LogP contribution is 2.25. The number of aromatic hydroxyl groups is 1. The second kappa shape index (κ2) is 7.21. The van der Waals surface area contributed by atoms with Crippen LogP contribution < -0.4 is 10.5 Å². The second-order valence-corrected chi connectivity index (χ2v) is 5.63. The summed E-state index contributed by atoms with van der Waals surface area (Å²) >= 11 is 0. The Bertz CT molecular complexity index is 972. The van der Waals surface area contributed by atoms with Gasteiger partial charge in [0.15, 0.2) is 0 Å². The van der Waals surface area contributed by atoms with Gasteiger partial charge in [-0.25, -0.2) is 4.79 Å². The number of phenolic OH excluding ortho intramolecular Hbond substituents is 1. The molecule has 0 spiro atoms. The predicted molar refractivity (Wildman–Crippen MR) is 101 cm³/mol. The lowest BCUT2D eigenvalue weighted by Crippen LogP contribution is -2.21. The Kier molecular flexibility index (Phi) is 4.84. The van der Waals surface area contributed by atoms with Gasteiger partial charge in [-0.15, -0.1) is 0 Å². The molecule has 0 aliphatic carbocycles. The van der Waals surface area contributed by atoms with Crippen molar-refractivity contribution in [2.24, 2.45) is 4.99 Å². The molecule has 0 aliphatic rings. The minimum atomic E-state index is -0.455. The molecule has 0 amide bonds. The molecule has 1 aromatic heterocycles. The summed E-state index contributed by atoms with van der Waals surface area (Å²) in [6.45, 7) is 5.94. The maximum atomic E-state index is 12.2. The summed E-state index contributed by atoms with van der Waals surface area (Å²) < 4.78 is 5.46. The van der Waals surface area contributed by atoms with E-state index in [1.165, 1.54) is 6.21 Å². The van der Waals surface area contributed by atoms with Crippen molar-refractivity contribution >= 4 is 28.6 Å². The van der Waals surface area contributed by atoms with Crippen molar-refractivity contribution < 1.29 is 9.52 Å². The maximum Gasteiger partial charge on any atom is 0.345 e. The highest BCUT2D eigenvalue weighted by molar-refractivity contribution is 5.89. The van der Waals surface area contributed by atoms with Crippen molar-refractivity contribution in [3.8, 4) is 5.75 Å². The molecule has 0 fully saturated rings. The van der Waals surface area contributed by atoms with Crippen molar-refractivity contribution in [3.05, 3.63) is 64.5 Å². The van der Waals surface area contributed by atoms with Crippen molar-refractivity contribution in [1.29, 1.82) is 0 Å². The van der Waals surface area contributed by atoms with Crippen LogP contribution in [0.2, 0.25) is 0 Å². The van der Waals surface area contributed by atoms with Crippen LogP contribution in [0.4, 0.5) is 11.4 Å². The van der Waals surface area contributed by atoms with Gasteiger partial charge in [0.1, 0.15) is 17.0 Å². The van der Waals surface area contributed by atoms with Gasteiger partial charge in [0.25, 0.3) is 0 Å². The SMILES string of the molecule is CCN(CC)c1ccc2cc(C=Nc3ccccc3O)c(=O)oc2c1. The molecule has 0 unspecified atom stereocenters. The van der Waals surface area contributed by atoms with Crippen LogP contribution in [0.1, 0.15) is 19.4 Å². The van der Waals surface area contributed by atoms with Gasteiger partial charge in [-0.1, -0.05) is 12.1 Å². The van der Waals surface area contributed by atoms with E-state index in [-0.39, 0.29) is 5.75 Å². The van der Waals surface area contributed by atoms with E-state index in [2.05, 4.69) is 23.7 Å². The molecule has 128 valence electrons. The first-order valence-electron chi connectivity index (χ1n) is 8.27. The molecule has 3 aromatic rings. The molecule has 0 radical (unpaired) electrons. The number of anilines is 1. The van der Waals surface area contributed by atoms with E-state index in [0.29, 0.717) is 16.8 Å². The first kappa shape index (κ1) is 16.8. The van der Waals surface area contributed by atoms with Crippen LogP contribution in [-0.4, -0.2) is 24.4 Å². The fourth-order valence-corrected chi connectivity index (χ4v) is 2.70. The van der Waals surface area contributed by atoms with Gasteiger partial charge < -0.3 is 14.4 Å². The second-order valence-electron chi connectivity index (χ2n) is 5.63. The van der Waals surface area contributed by atoms with Crippen LogP contribution >= 0.6 is 0 Å². The smallest absolute Gasteiger partial charge is 0.345 e. The van der Waals surface area contributed by atoms with E-state index in [4.69, 9.17) is 4.42 Å². The van der Waals surface area contributed by atoms with Gasteiger partial charge >= 0.3 is 5.63 Å². The molecule has 5 heteroatoms. The first-order chi connectivity index (χ1) is 12.1. The van der Waals surface area contributed by atoms with E-state index in [0.717, 1.165) is 24.2 Å². The fourth-order valence-electron chi connectivity index (χ4n) is 2.70. The number of benzene rings is 2. The molecular formula is C20H20N2O3. The zero-order valence-corrected chi connectivity index (χ0v) is 14.3. The van der Waals surface area contributed by atoms with Crippen molar-refractivity contribution in [2.75, 3.05) is 18.0 Å². The van der Waals surface area contributed by atoms with Crippen LogP contribution in [0.5, 0.6) is 5.75 Å². The van der Waals surface area contributed by atoms with E-state index in [1.807, 2.05) is 18.2 Å². The third kappa shape index (κ3) is 3.55. The number of hydrogen-bond donors (Lipinski definition) is 1. The predicted octanol–water partition coefficient (Wildman–Crippen LogP) is 4.10. The summed E-state index contributed by atoms with van der Waals surface area (Å²) in [7, 11) is 0. The minimum Gasteiger partial charge on any atom is -0.506 e. The highest BCUT2D eigenvalue weighted by atomic mass is 16.4. The Balaban J connectivity index is 1.98. The maximum absolute atomic E-state index is 12.2. The van der Waals surface area contributed by atoms with Gasteiger partial charge in [-0.05, 0) is 44.2 Å². The zero-order chi connectivity index (χ0) is 17.8. The monoisotopic (exact) mass is 336 g/mol.